The maximum absolute atomic E-state index is 12.1. The highest BCUT2D eigenvalue weighted by molar-refractivity contribution is 7.98. The second-order valence-electron chi connectivity index (χ2n) is 5.26. The van der Waals surface area contributed by atoms with Gasteiger partial charge in [0.15, 0.2) is 0 Å². The molecule has 2 heterocycles. The van der Waals surface area contributed by atoms with E-state index < -0.39 is 0 Å². The summed E-state index contributed by atoms with van der Waals surface area (Å²) in [5.41, 5.74) is 0. The predicted molar refractivity (Wildman–Crippen MR) is 84.4 cm³/mol. The van der Waals surface area contributed by atoms with Gasteiger partial charge < -0.3 is 19.9 Å². The van der Waals surface area contributed by atoms with Crippen molar-refractivity contribution in [2.24, 2.45) is 7.05 Å². The van der Waals surface area contributed by atoms with Crippen LogP contribution in [0.15, 0.2) is 12.4 Å². The summed E-state index contributed by atoms with van der Waals surface area (Å²) in [5, 5.41) is 6.05. The molecule has 1 fully saturated rings. The fourth-order valence-corrected chi connectivity index (χ4v) is 3.22. The number of hydrogen-bond acceptors (Lipinski definition) is 4. The fourth-order valence-electron chi connectivity index (χ4n) is 2.50. The van der Waals surface area contributed by atoms with E-state index in [1.165, 1.54) is 0 Å². The van der Waals surface area contributed by atoms with Crippen LogP contribution in [0.4, 0.5) is 4.79 Å². The normalized spacial score (nSPS) is 23.0. The molecule has 1 saturated heterocycles. The van der Waals surface area contributed by atoms with E-state index >= 15 is 0 Å². The number of rotatable bonds is 6. The zero-order valence-electron chi connectivity index (χ0n) is 12.8. The largest absolute Gasteiger partial charge is 0.368 e. The molecule has 2 rings (SSSR count). The third kappa shape index (κ3) is 4.14. The maximum Gasteiger partial charge on any atom is 0.315 e. The second-order valence-corrected chi connectivity index (χ2v) is 6.17. The molecule has 1 aliphatic rings. The summed E-state index contributed by atoms with van der Waals surface area (Å²) in [7, 11) is 1.94. The van der Waals surface area contributed by atoms with Crippen LogP contribution in [0.5, 0.6) is 0 Å². The molecule has 1 aliphatic heterocycles. The molecule has 21 heavy (non-hydrogen) atoms. The summed E-state index contributed by atoms with van der Waals surface area (Å²) in [4.78, 5) is 16.5. The minimum atomic E-state index is -0.170. The molecule has 1 aromatic rings. The lowest BCUT2D eigenvalue weighted by atomic mass is 10.1. The van der Waals surface area contributed by atoms with Gasteiger partial charge in [-0.1, -0.05) is 6.92 Å². The number of ether oxygens (including phenoxy) is 1. The molecule has 0 bridgehead atoms. The van der Waals surface area contributed by atoms with Crippen molar-refractivity contribution in [2.45, 2.75) is 38.0 Å². The number of aromatic nitrogens is 2. The first kappa shape index (κ1) is 16.2. The van der Waals surface area contributed by atoms with Gasteiger partial charge in [-0.3, -0.25) is 0 Å². The molecular formula is C14H24N4O2S. The van der Waals surface area contributed by atoms with Gasteiger partial charge in [-0.05, 0) is 19.1 Å². The molecule has 2 amide bonds. The first-order valence-corrected chi connectivity index (χ1v) is 8.69. The fraction of sp³-hybridized carbons (Fsp3) is 0.714. The highest BCUT2D eigenvalue weighted by Gasteiger charge is 2.33. The van der Waals surface area contributed by atoms with E-state index in [0.717, 1.165) is 24.4 Å². The van der Waals surface area contributed by atoms with Gasteiger partial charge >= 0.3 is 6.03 Å². The van der Waals surface area contributed by atoms with Crippen molar-refractivity contribution >= 4 is 17.8 Å². The molecule has 0 spiro atoms. The first-order chi connectivity index (χ1) is 10.2. The quantitative estimate of drug-likeness (QED) is 0.839. The molecule has 1 aromatic heterocycles. The Morgan fingerprint density at radius 2 is 2.48 bits per heavy atom. The lowest BCUT2D eigenvalue weighted by Crippen LogP contribution is -2.47. The molecule has 7 heteroatoms. The summed E-state index contributed by atoms with van der Waals surface area (Å²) in [5.74, 6) is 1.78. The van der Waals surface area contributed by atoms with E-state index in [2.05, 4.69) is 22.5 Å². The van der Waals surface area contributed by atoms with Crippen LogP contribution >= 0.6 is 11.8 Å². The van der Waals surface area contributed by atoms with Crippen molar-refractivity contribution in [1.29, 1.82) is 0 Å². The summed E-state index contributed by atoms with van der Waals surface area (Å²) >= 11 is 1.74. The Morgan fingerprint density at radius 1 is 1.67 bits per heavy atom. The number of urea groups is 1. The lowest BCUT2D eigenvalue weighted by Gasteiger charge is -2.22. The number of hydrogen-bond donors (Lipinski definition) is 2. The lowest BCUT2D eigenvalue weighted by molar-refractivity contribution is 0.0907. The van der Waals surface area contributed by atoms with Crippen LogP contribution in [0, 0.1) is 0 Å². The molecule has 0 aliphatic carbocycles. The molecular weight excluding hydrogens is 288 g/mol. The molecule has 2 N–H and O–H groups in total. The Balaban J connectivity index is 1.92. The van der Waals surface area contributed by atoms with Gasteiger partial charge in [0.1, 0.15) is 11.9 Å². The van der Waals surface area contributed by atoms with E-state index in [-0.39, 0.29) is 24.2 Å². The van der Waals surface area contributed by atoms with Crippen LogP contribution < -0.4 is 10.6 Å². The number of carbonyl (C=O) groups is 1. The van der Waals surface area contributed by atoms with E-state index in [1.54, 1.807) is 18.0 Å². The first-order valence-electron chi connectivity index (χ1n) is 7.30. The summed E-state index contributed by atoms with van der Waals surface area (Å²) in [6, 6.07) is 0.0532. The van der Waals surface area contributed by atoms with Gasteiger partial charge in [0.05, 0.1) is 6.04 Å². The van der Waals surface area contributed by atoms with Gasteiger partial charge in [0.25, 0.3) is 0 Å². The van der Waals surface area contributed by atoms with Crippen LogP contribution in [-0.4, -0.2) is 46.3 Å². The molecule has 1 unspecified atom stereocenters. The zero-order valence-corrected chi connectivity index (χ0v) is 13.7. The standard InChI is InChI=1S/C14H24N4O2S/c1-4-10(9-21-3)16-14(19)17-11-5-8-20-12(11)13-15-6-7-18(13)2/h6-7,10-12H,4-5,8-9H2,1-3H3,(H2,16,17,19)/t10?,11-,12-/m0/s1. The number of nitrogens with one attached hydrogen (secondary N) is 2. The SMILES string of the molecule is CCC(CSC)NC(=O)N[C@H]1CCO[C@@H]1c1nccn1C. The second kappa shape index (κ2) is 7.70. The van der Waals surface area contributed by atoms with Crippen molar-refractivity contribution in [1.82, 2.24) is 20.2 Å². The number of nitrogens with zero attached hydrogens (tertiary/aromatic N) is 2. The van der Waals surface area contributed by atoms with Gasteiger partial charge in [-0.15, -0.1) is 0 Å². The number of imidazole rings is 1. The molecule has 6 nitrogen and oxygen atoms in total. The summed E-state index contributed by atoms with van der Waals surface area (Å²) in [6.45, 7) is 2.72. The van der Waals surface area contributed by atoms with Gasteiger partial charge in [0.2, 0.25) is 0 Å². The molecule has 3 atom stereocenters. The highest BCUT2D eigenvalue weighted by atomic mass is 32.2. The Bertz CT molecular complexity index is 466. The molecule has 0 aromatic carbocycles. The van der Waals surface area contributed by atoms with E-state index in [4.69, 9.17) is 4.74 Å². The van der Waals surface area contributed by atoms with Crippen LogP contribution in [-0.2, 0) is 11.8 Å². The van der Waals surface area contributed by atoms with E-state index in [9.17, 15) is 4.79 Å². The van der Waals surface area contributed by atoms with Crippen molar-refractivity contribution in [3.05, 3.63) is 18.2 Å². The van der Waals surface area contributed by atoms with Crippen molar-refractivity contribution < 1.29 is 9.53 Å². The predicted octanol–water partition coefficient (Wildman–Crippen LogP) is 1.69. The Hall–Kier alpha value is -1.21. The van der Waals surface area contributed by atoms with Crippen molar-refractivity contribution in [3.63, 3.8) is 0 Å². The van der Waals surface area contributed by atoms with E-state index in [1.807, 2.05) is 24.1 Å². The molecule has 0 saturated carbocycles. The van der Waals surface area contributed by atoms with Crippen LogP contribution in [0.2, 0.25) is 0 Å². The van der Waals surface area contributed by atoms with Crippen molar-refractivity contribution in [3.8, 4) is 0 Å². The highest BCUT2D eigenvalue weighted by Crippen LogP contribution is 2.27. The van der Waals surface area contributed by atoms with Crippen molar-refractivity contribution in [2.75, 3.05) is 18.6 Å². The van der Waals surface area contributed by atoms with Crippen LogP contribution in [0.1, 0.15) is 31.7 Å². The topological polar surface area (TPSA) is 68.2 Å². The monoisotopic (exact) mass is 312 g/mol. The Kier molecular flexibility index (Phi) is 5.93. The Labute approximate surface area is 130 Å². The van der Waals surface area contributed by atoms with Crippen LogP contribution in [0.25, 0.3) is 0 Å². The number of aryl methyl sites for hydroxylation is 1. The Morgan fingerprint density at radius 3 is 3.10 bits per heavy atom. The summed E-state index contributed by atoms with van der Waals surface area (Å²) in [6.07, 6.45) is 7.25. The average molecular weight is 312 g/mol. The smallest absolute Gasteiger partial charge is 0.315 e. The number of thioether (sulfide) groups is 1. The third-order valence-corrected chi connectivity index (χ3v) is 4.45. The van der Waals surface area contributed by atoms with Crippen LogP contribution in [0.3, 0.4) is 0 Å². The van der Waals surface area contributed by atoms with Gasteiger partial charge in [-0.2, -0.15) is 11.8 Å². The summed E-state index contributed by atoms with van der Waals surface area (Å²) < 4.78 is 7.68. The maximum atomic E-state index is 12.1. The average Bonchev–Trinajstić information content (AvgIpc) is 3.06. The van der Waals surface area contributed by atoms with Gasteiger partial charge in [-0.25, -0.2) is 9.78 Å². The molecule has 118 valence electrons. The molecule has 0 radical (unpaired) electrons. The number of carbonyl (C=O) groups excluding carboxylic acids is 1. The minimum Gasteiger partial charge on any atom is -0.368 e. The zero-order chi connectivity index (χ0) is 15.2. The van der Waals surface area contributed by atoms with E-state index in [0.29, 0.717) is 6.61 Å². The minimum absolute atomic E-state index is 0.0297. The van der Waals surface area contributed by atoms with Gasteiger partial charge in [0, 0.05) is 37.8 Å². The third-order valence-electron chi connectivity index (χ3n) is 3.72. The number of amides is 2.